The normalized spacial score (nSPS) is 13.1. The van der Waals surface area contributed by atoms with Crippen LogP contribution in [0.15, 0.2) is 24.3 Å². The molecule has 0 amide bonds. The zero-order chi connectivity index (χ0) is 12.0. The largest absolute Gasteiger partial charge is 0.310 e. The van der Waals surface area contributed by atoms with E-state index in [4.69, 9.17) is 11.6 Å². The van der Waals surface area contributed by atoms with Crippen LogP contribution in [-0.2, 0) is 6.54 Å². The van der Waals surface area contributed by atoms with Gasteiger partial charge in [-0.15, -0.1) is 11.6 Å². The van der Waals surface area contributed by atoms with Crippen LogP contribution in [0.1, 0.15) is 25.8 Å². The predicted octanol–water partition coefficient (Wildman–Crippen LogP) is 4.03. The van der Waals surface area contributed by atoms with Gasteiger partial charge in [0.25, 0.3) is 0 Å². The maximum Gasteiger partial charge on any atom is 0.0238 e. The predicted molar refractivity (Wildman–Crippen MR) is 80.0 cm³/mol. The molecule has 1 aromatic rings. The summed E-state index contributed by atoms with van der Waals surface area (Å²) in [6.07, 6.45) is 1.03. The number of halogens is 2. The highest BCUT2D eigenvalue weighted by molar-refractivity contribution is 14.1. The molecule has 0 aliphatic rings. The minimum absolute atomic E-state index is 0.511. The van der Waals surface area contributed by atoms with E-state index in [9.17, 15) is 0 Å². The third kappa shape index (κ3) is 5.02. The van der Waals surface area contributed by atoms with Gasteiger partial charge in [-0.05, 0) is 52.6 Å². The van der Waals surface area contributed by atoms with Crippen molar-refractivity contribution in [2.75, 3.05) is 5.88 Å². The number of benzene rings is 1. The zero-order valence-electron chi connectivity index (χ0n) is 9.84. The lowest BCUT2D eigenvalue weighted by atomic mass is 10.0. The Morgan fingerprint density at radius 1 is 1.25 bits per heavy atom. The summed E-state index contributed by atoms with van der Waals surface area (Å²) >= 11 is 8.13. The lowest BCUT2D eigenvalue weighted by Gasteiger charge is -2.21. The Balaban J connectivity index is 2.45. The second-order valence-corrected chi connectivity index (χ2v) is 5.96. The molecule has 0 saturated carbocycles. The molecule has 0 aliphatic carbocycles. The lowest BCUT2D eigenvalue weighted by molar-refractivity contribution is 0.389. The maximum absolute atomic E-state index is 5.80. The van der Waals surface area contributed by atoms with Crippen LogP contribution in [0.2, 0.25) is 0 Å². The van der Waals surface area contributed by atoms with Gasteiger partial charge in [0.1, 0.15) is 0 Å². The Kier molecular flexibility index (Phi) is 6.70. The van der Waals surface area contributed by atoms with E-state index < -0.39 is 0 Å². The van der Waals surface area contributed by atoms with Crippen LogP contribution >= 0.6 is 34.2 Å². The quantitative estimate of drug-likeness (QED) is 0.602. The van der Waals surface area contributed by atoms with Gasteiger partial charge in [0, 0.05) is 22.0 Å². The summed E-state index contributed by atoms with van der Waals surface area (Å²) in [7, 11) is 0. The molecule has 0 radical (unpaired) electrons. The highest BCUT2D eigenvalue weighted by Gasteiger charge is 2.11. The molecular weight excluding hydrogens is 333 g/mol. The molecule has 90 valence electrons. The summed E-state index contributed by atoms with van der Waals surface area (Å²) in [5.41, 5.74) is 1.33. The van der Waals surface area contributed by atoms with Crippen molar-refractivity contribution in [1.82, 2.24) is 5.32 Å². The first-order valence-electron chi connectivity index (χ1n) is 5.67. The smallest absolute Gasteiger partial charge is 0.0238 e. The van der Waals surface area contributed by atoms with Gasteiger partial charge < -0.3 is 5.32 Å². The van der Waals surface area contributed by atoms with Crippen molar-refractivity contribution in [3.63, 3.8) is 0 Å². The third-order valence-electron chi connectivity index (χ3n) is 2.71. The fraction of sp³-hybridized carbons (Fsp3) is 0.538. The summed E-state index contributed by atoms with van der Waals surface area (Å²) in [5.74, 6) is 1.35. The Morgan fingerprint density at radius 3 is 2.38 bits per heavy atom. The summed E-state index contributed by atoms with van der Waals surface area (Å²) in [6.45, 7) is 5.40. The second-order valence-electron chi connectivity index (χ2n) is 4.34. The van der Waals surface area contributed by atoms with E-state index in [-0.39, 0.29) is 0 Å². The van der Waals surface area contributed by atoms with Gasteiger partial charge in [0.15, 0.2) is 0 Å². The first kappa shape index (κ1) is 14.3. The van der Waals surface area contributed by atoms with Crippen molar-refractivity contribution in [3.05, 3.63) is 33.4 Å². The molecule has 1 aromatic carbocycles. The van der Waals surface area contributed by atoms with Crippen molar-refractivity contribution in [1.29, 1.82) is 0 Å². The topological polar surface area (TPSA) is 12.0 Å². The Morgan fingerprint density at radius 2 is 1.88 bits per heavy atom. The highest BCUT2D eigenvalue weighted by atomic mass is 127. The van der Waals surface area contributed by atoms with E-state index in [2.05, 4.69) is 66.0 Å². The number of hydrogen-bond acceptors (Lipinski definition) is 1. The number of hydrogen-bond donors (Lipinski definition) is 1. The van der Waals surface area contributed by atoms with E-state index in [1.807, 2.05) is 0 Å². The molecule has 0 bridgehead atoms. The Hall–Kier alpha value is 0.200. The van der Waals surface area contributed by atoms with Crippen molar-refractivity contribution < 1.29 is 0 Å². The Bertz CT molecular complexity index is 297. The van der Waals surface area contributed by atoms with E-state index in [0.717, 1.165) is 18.8 Å². The first-order valence-corrected chi connectivity index (χ1v) is 7.28. The van der Waals surface area contributed by atoms with Crippen molar-refractivity contribution in [3.8, 4) is 0 Å². The molecular formula is C13H19ClIN. The molecule has 0 spiro atoms. The van der Waals surface area contributed by atoms with Crippen LogP contribution in [0, 0.1) is 9.49 Å². The molecule has 0 heterocycles. The average Bonchev–Trinajstić information content (AvgIpc) is 2.26. The van der Waals surface area contributed by atoms with Gasteiger partial charge >= 0.3 is 0 Å². The molecule has 1 nitrogen and oxygen atoms in total. The van der Waals surface area contributed by atoms with E-state index in [1.54, 1.807) is 0 Å². The molecule has 1 atom stereocenters. The molecule has 1 unspecified atom stereocenters. The summed E-state index contributed by atoms with van der Waals surface area (Å²) in [6, 6.07) is 9.14. The average molecular weight is 352 g/mol. The van der Waals surface area contributed by atoms with Gasteiger partial charge in [-0.2, -0.15) is 0 Å². The molecule has 0 aliphatic heterocycles. The highest BCUT2D eigenvalue weighted by Crippen LogP contribution is 2.10. The molecule has 0 fully saturated rings. The van der Waals surface area contributed by atoms with Gasteiger partial charge in [-0.3, -0.25) is 0 Å². The van der Waals surface area contributed by atoms with Crippen molar-refractivity contribution in [2.24, 2.45) is 5.92 Å². The molecule has 1 N–H and O–H groups in total. The summed E-state index contributed by atoms with van der Waals surface area (Å²) in [5, 5.41) is 3.57. The second kappa shape index (κ2) is 7.51. The Labute approximate surface area is 117 Å². The number of rotatable bonds is 6. The SMILES string of the molecule is CC(C)C(CCCl)NCc1ccc(I)cc1. The molecule has 16 heavy (non-hydrogen) atoms. The summed E-state index contributed by atoms with van der Waals surface area (Å²) in [4.78, 5) is 0. The van der Waals surface area contributed by atoms with E-state index >= 15 is 0 Å². The maximum atomic E-state index is 5.80. The molecule has 1 rings (SSSR count). The van der Waals surface area contributed by atoms with E-state index in [0.29, 0.717) is 12.0 Å². The van der Waals surface area contributed by atoms with Crippen LogP contribution in [0.25, 0.3) is 0 Å². The lowest BCUT2D eigenvalue weighted by Crippen LogP contribution is -2.33. The van der Waals surface area contributed by atoms with Gasteiger partial charge in [0.05, 0.1) is 0 Å². The van der Waals surface area contributed by atoms with Crippen LogP contribution in [0.4, 0.5) is 0 Å². The van der Waals surface area contributed by atoms with Gasteiger partial charge in [0.2, 0.25) is 0 Å². The molecule has 0 saturated heterocycles. The standard InChI is InChI=1S/C13H19ClIN/c1-10(2)13(7-8-14)16-9-11-3-5-12(15)6-4-11/h3-6,10,13,16H,7-9H2,1-2H3. The monoisotopic (exact) mass is 351 g/mol. The fourth-order valence-electron chi connectivity index (χ4n) is 1.64. The van der Waals surface area contributed by atoms with Gasteiger partial charge in [-0.25, -0.2) is 0 Å². The summed E-state index contributed by atoms with van der Waals surface area (Å²) < 4.78 is 1.28. The minimum atomic E-state index is 0.511. The van der Waals surface area contributed by atoms with Crippen molar-refractivity contribution in [2.45, 2.75) is 32.9 Å². The van der Waals surface area contributed by atoms with Crippen molar-refractivity contribution >= 4 is 34.2 Å². The third-order valence-corrected chi connectivity index (χ3v) is 3.64. The minimum Gasteiger partial charge on any atom is -0.310 e. The fourth-order valence-corrected chi connectivity index (χ4v) is 2.23. The number of nitrogens with one attached hydrogen (secondary N) is 1. The number of alkyl halides is 1. The van der Waals surface area contributed by atoms with Crippen LogP contribution < -0.4 is 5.32 Å². The zero-order valence-corrected chi connectivity index (χ0v) is 12.8. The van der Waals surface area contributed by atoms with Crippen LogP contribution in [-0.4, -0.2) is 11.9 Å². The van der Waals surface area contributed by atoms with E-state index in [1.165, 1.54) is 9.13 Å². The van der Waals surface area contributed by atoms with Crippen LogP contribution in [0.3, 0.4) is 0 Å². The van der Waals surface area contributed by atoms with Crippen LogP contribution in [0.5, 0.6) is 0 Å². The molecule has 3 heteroatoms. The van der Waals surface area contributed by atoms with Gasteiger partial charge in [-0.1, -0.05) is 26.0 Å². The first-order chi connectivity index (χ1) is 7.63. The molecule has 0 aromatic heterocycles.